The van der Waals surface area contributed by atoms with Gasteiger partial charge in [-0.1, -0.05) is 42.5 Å². The summed E-state index contributed by atoms with van der Waals surface area (Å²) in [6, 6.07) is 15.3. The van der Waals surface area contributed by atoms with E-state index in [0.29, 0.717) is 0 Å². The first kappa shape index (κ1) is 14.6. The fraction of sp³-hybridized carbons (Fsp3) is 0.188. The Bertz CT molecular complexity index is 650. The topological polar surface area (TPSA) is 65.2 Å². The van der Waals surface area contributed by atoms with E-state index in [2.05, 4.69) is 21.7 Å². The van der Waals surface area contributed by atoms with Crippen LogP contribution in [-0.2, 0) is 11.3 Å². The lowest BCUT2D eigenvalue weighted by Gasteiger charge is -2.18. The second-order valence-corrected chi connectivity index (χ2v) is 5.13. The van der Waals surface area contributed by atoms with Gasteiger partial charge >= 0.3 is 0 Å². The monoisotopic (exact) mass is 300 g/mol. The first-order valence-corrected chi connectivity index (χ1v) is 7.07. The third-order valence-electron chi connectivity index (χ3n) is 3.59. The molecule has 1 amide bonds. The molecule has 2 aromatic carbocycles. The van der Waals surface area contributed by atoms with Crippen LogP contribution in [0.2, 0.25) is 0 Å². The molecule has 0 aromatic heterocycles. The average Bonchev–Trinajstić information content (AvgIpc) is 3.03. The van der Waals surface area contributed by atoms with Crippen molar-refractivity contribution < 1.29 is 9.18 Å². The van der Waals surface area contributed by atoms with E-state index in [1.807, 2.05) is 30.3 Å². The Hall–Kier alpha value is -2.28. The van der Waals surface area contributed by atoms with Crippen LogP contribution < -0.4 is 21.7 Å². The second-order valence-electron chi connectivity index (χ2n) is 5.13. The summed E-state index contributed by atoms with van der Waals surface area (Å²) in [5.41, 5.74) is 10.5. The zero-order valence-electron chi connectivity index (χ0n) is 11.8. The van der Waals surface area contributed by atoms with Gasteiger partial charge in [-0.3, -0.25) is 4.79 Å². The van der Waals surface area contributed by atoms with Crippen molar-refractivity contribution in [3.8, 4) is 0 Å². The Morgan fingerprint density at radius 2 is 1.91 bits per heavy atom. The molecule has 1 saturated heterocycles. The molecule has 6 heteroatoms. The maximum Gasteiger partial charge on any atom is 0.240 e. The number of halogens is 1. The normalized spacial score (nSPS) is 20.8. The fourth-order valence-electron chi connectivity index (χ4n) is 2.46. The minimum Gasteiger partial charge on any atom is -0.351 e. The van der Waals surface area contributed by atoms with E-state index in [4.69, 9.17) is 0 Å². The molecule has 0 bridgehead atoms. The molecule has 22 heavy (non-hydrogen) atoms. The van der Waals surface area contributed by atoms with E-state index in [1.54, 1.807) is 12.1 Å². The summed E-state index contributed by atoms with van der Waals surface area (Å²) in [5, 5.41) is 2.82. The molecule has 4 N–H and O–H groups in total. The third kappa shape index (κ3) is 3.30. The van der Waals surface area contributed by atoms with Gasteiger partial charge < -0.3 is 5.32 Å². The highest BCUT2D eigenvalue weighted by Gasteiger charge is 2.33. The Kier molecular flexibility index (Phi) is 4.43. The largest absolute Gasteiger partial charge is 0.351 e. The quantitative estimate of drug-likeness (QED) is 0.684. The molecule has 0 spiro atoms. The number of rotatable bonds is 4. The van der Waals surface area contributed by atoms with Crippen molar-refractivity contribution in [1.29, 1.82) is 0 Å². The van der Waals surface area contributed by atoms with Gasteiger partial charge in [-0.25, -0.2) is 15.2 Å². The number of nitrogens with one attached hydrogen (secondary N) is 4. The third-order valence-corrected chi connectivity index (χ3v) is 3.59. The molecular formula is C16H17FN4O. The smallest absolute Gasteiger partial charge is 0.240 e. The van der Waals surface area contributed by atoms with Gasteiger partial charge in [0.1, 0.15) is 11.9 Å². The van der Waals surface area contributed by atoms with Gasteiger partial charge in [-0.15, -0.1) is 0 Å². The predicted molar refractivity (Wildman–Crippen MR) is 80.6 cm³/mol. The molecule has 0 radical (unpaired) electrons. The Balaban J connectivity index is 1.64. The van der Waals surface area contributed by atoms with Gasteiger partial charge in [0.15, 0.2) is 0 Å². The van der Waals surface area contributed by atoms with E-state index >= 15 is 0 Å². The molecule has 1 aliphatic heterocycles. The summed E-state index contributed by atoms with van der Waals surface area (Å²) in [6.45, 7) is 0.288. The van der Waals surface area contributed by atoms with Crippen LogP contribution in [0, 0.1) is 5.82 Å². The standard InChI is InChI=1S/C16H17FN4O/c17-13-8-4-5-11(9-13)10-18-16(22)15-14(19-21-20-15)12-6-2-1-3-7-12/h1-9,14-15,19-21H,10H2,(H,18,22). The van der Waals surface area contributed by atoms with Crippen LogP contribution in [0.1, 0.15) is 17.2 Å². The maximum atomic E-state index is 13.1. The minimum absolute atomic E-state index is 0.157. The van der Waals surface area contributed by atoms with E-state index in [-0.39, 0.29) is 24.3 Å². The average molecular weight is 300 g/mol. The number of hydrazine groups is 2. The molecule has 0 saturated carbocycles. The summed E-state index contributed by atoms with van der Waals surface area (Å²) in [5.74, 6) is -0.466. The Labute approximate surface area is 127 Å². The van der Waals surface area contributed by atoms with Crippen LogP contribution in [0.4, 0.5) is 4.39 Å². The zero-order chi connectivity index (χ0) is 15.4. The van der Waals surface area contributed by atoms with Crippen LogP contribution in [-0.4, -0.2) is 11.9 Å². The lowest BCUT2D eigenvalue weighted by Crippen LogP contribution is -2.44. The Morgan fingerprint density at radius 3 is 2.68 bits per heavy atom. The van der Waals surface area contributed by atoms with E-state index < -0.39 is 6.04 Å². The van der Waals surface area contributed by atoms with Crippen LogP contribution in [0.3, 0.4) is 0 Å². The van der Waals surface area contributed by atoms with Crippen molar-refractivity contribution in [2.24, 2.45) is 0 Å². The van der Waals surface area contributed by atoms with Gasteiger partial charge in [0.05, 0.1) is 6.04 Å². The molecule has 3 rings (SSSR count). The summed E-state index contributed by atoms with van der Waals surface area (Å²) < 4.78 is 13.1. The van der Waals surface area contributed by atoms with Crippen LogP contribution >= 0.6 is 0 Å². The first-order chi connectivity index (χ1) is 10.7. The molecule has 1 aliphatic rings. The van der Waals surface area contributed by atoms with E-state index in [9.17, 15) is 9.18 Å². The molecule has 2 atom stereocenters. The lowest BCUT2D eigenvalue weighted by atomic mass is 10.0. The molecule has 2 unspecified atom stereocenters. The van der Waals surface area contributed by atoms with Crippen molar-refractivity contribution >= 4 is 5.91 Å². The highest BCUT2D eigenvalue weighted by molar-refractivity contribution is 5.83. The molecule has 0 aliphatic carbocycles. The van der Waals surface area contributed by atoms with Gasteiger partial charge in [-0.2, -0.15) is 5.53 Å². The van der Waals surface area contributed by atoms with E-state index in [0.717, 1.165) is 11.1 Å². The van der Waals surface area contributed by atoms with Gasteiger partial charge in [0.25, 0.3) is 0 Å². The molecule has 5 nitrogen and oxygen atoms in total. The van der Waals surface area contributed by atoms with Crippen LogP contribution in [0.15, 0.2) is 54.6 Å². The first-order valence-electron chi connectivity index (χ1n) is 7.07. The van der Waals surface area contributed by atoms with Gasteiger partial charge in [0.2, 0.25) is 5.91 Å². The van der Waals surface area contributed by atoms with E-state index in [1.165, 1.54) is 12.1 Å². The van der Waals surface area contributed by atoms with Crippen molar-refractivity contribution in [3.63, 3.8) is 0 Å². The summed E-state index contributed by atoms with van der Waals surface area (Å²) in [4.78, 5) is 12.3. The fourth-order valence-corrected chi connectivity index (χ4v) is 2.46. The maximum absolute atomic E-state index is 13.1. The van der Waals surface area contributed by atoms with Crippen LogP contribution in [0.5, 0.6) is 0 Å². The molecule has 1 heterocycles. The lowest BCUT2D eigenvalue weighted by molar-refractivity contribution is -0.123. The van der Waals surface area contributed by atoms with Crippen molar-refractivity contribution in [3.05, 3.63) is 71.5 Å². The molecular weight excluding hydrogens is 283 g/mol. The number of carbonyl (C=O) groups is 1. The van der Waals surface area contributed by atoms with Crippen LogP contribution in [0.25, 0.3) is 0 Å². The van der Waals surface area contributed by atoms with Crippen molar-refractivity contribution in [2.45, 2.75) is 18.6 Å². The number of benzene rings is 2. The van der Waals surface area contributed by atoms with Crippen molar-refractivity contribution in [1.82, 2.24) is 21.7 Å². The highest BCUT2D eigenvalue weighted by Crippen LogP contribution is 2.18. The Morgan fingerprint density at radius 1 is 1.09 bits per heavy atom. The SMILES string of the molecule is O=C(NCc1cccc(F)c1)C1NNNC1c1ccccc1. The molecule has 2 aromatic rings. The second kappa shape index (κ2) is 6.65. The van der Waals surface area contributed by atoms with Gasteiger partial charge in [0, 0.05) is 6.54 Å². The number of carbonyl (C=O) groups excluding carboxylic acids is 1. The summed E-state index contributed by atoms with van der Waals surface area (Å²) in [6.07, 6.45) is 0. The minimum atomic E-state index is -0.448. The zero-order valence-corrected chi connectivity index (χ0v) is 11.8. The number of hydrogen-bond acceptors (Lipinski definition) is 4. The summed E-state index contributed by atoms with van der Waals surface area (Å²) in [7, 11) is 0. The van der Waals surface area contributed by atoms with Crippen molar-refractivity contribution in [2.75, 3.05) is 0 Å². The van der Waals surface area contributed by atoms with Gasteiger partial charge in [-0.05, 0) is 23.3 Å². The molecule has 114 valence electrons. The predicted octanol–water partition coefficient (Wildman–Crippen LogP) is 1.16. The highest BCUT2D eigenvalue weighted by atomic mass is 19.1. The molecule has 1 fully saturated rings. The number of hydrogen-bond donors (Lipinski definition) is 4. The summed E-state index contributed by atoms with van der Waals surface area (Å²) >= 11 is 0. The number of amides is 1.